The molecule has 0 bridgehead atoms. The second-order valence-corrected chi connectivity index (χ2v) is 7.34. The molecule has 1 aliphatic rings. The number of rotatable bonds is 4. The first-order chi connectivity index (χ1) is 11.0. The summed E-state index contributed by atoms with van der Waals surface area (Å²) in [6.45, 7) is 0.0686. The molecule has 1 aliphatic heterocycles. The summed E-state index contributed by atoms with van der Waals surface area (Å²) in [5, 5.41) is 10.0. The highest BCUT2D eigenvalue weighted by Crippen LogP contribution is 2.37. The van der Waals surface area contributed by atoms with Crippen molar-refractivity contribution < 1.29 is 18.3 Å². The van der Waals surface area contributed by atoms with Crippen LogP contribution in [0.4, 0.5) is 0 Å². The summed E-state index contributed by atoms with van der Waals surface area (Å²) in [5.41, 5.74) is 0.799. The van der Waals surface area contributed by atoms with Crippen LogP contribution in [0.25, 0.3) is 0 Å². The van der Waals surface area contributed by atoms with Crippen molar-refractivity contribution in [1.82, 2.24) is 9.29 Å². The predicted octanol–water partition coefficient (Wildman–Crippen LogP) is 1.59. The average Bonchev–Trinajstić information content (AvgIpc) is 2.98. The lowest BCUT2D eigenvalue weighted by molar-refractivity contribution is 0.188. The summed E-state index contributed by atoms with van der Waals surface area (Å²) >= 11 is 0. The number of aliphatic hydroxyl groups excluding tert-OH is 1. The molecule has 122 valence electrons. The first kappa shape index (κ1) is 15.9. The van der Waals surface area contributed by atoms with E-state index in [2.05, 4.69) is 4.98 Å². The van der Waals surface area contributed by atoms with Crippen LogP contribution in [0.2, 0.25) is 0 Å². The van der Waals surface area contributed by atoms with Crippen LogP contribution in [0.5, 0.6) is 5.75 Å². The van der Waals surface area contributed by atoms with E-state index in [1.807, 2.05) is 12.1 Å². The molecular weight excluding hydrogens is 316 g/mol. The molecule has 2 aromatic rings. The molecule has 0 amide bonds. The van der Waals surface area contributed by atoms with Crippen molar-refractivity contribution in [2.45, 2.75) is 23.5 Å². The molecule has 1 N–H and O–H groups in total. The molecule has 0 radical (unpaired) electrons. The Hall–Kier alpha value is -1.96. The summed E-state index contributed by atoms with van der Waals surface area (Å²) in [7, 11) is -2.16. The fraction of sp³-hybridized carbons (Fsp3) is 0.312. The zero-order valence-electron chi connectivity index (χ0n) is 12.7. The first-order valence-electron chi connectivity index (χ1n) is 7.26. The van der Waals surface area contributed by atoms with E-state index in [1.54, 1.807) is 25.3 Å². The lowest BCUT2D eigenvalue weighted by Crippen LogP contribution is -2.32. The van der Waals surface area contributed by atoms with E-state index >= 15 is 0 Å². The third-order valence-electron chi connectivity index (χ3n) is 3.95. The standard InChI is InChI=1S/C16H18N2O4S/c1-22-14-5-2-4-12(8-14)16-9-13(19)11-18(16)23(20,21)15-6-3-7-17-10-15/h2-8,10,13,16,19H,9,11H2,1H3. The molecule has 1 aromatic heterocycles. The molecule has 0 aliphatic carbocycles. The summed E-state index contributed by atoms with van der Waals surface area (Å²) in [5.74, 6) is 0.655. The van der Waals surface area contributed by atoms with E-state index in [9.17, 15) is 13.5 Å². The summed E-state index contributed by atoms with van der Waals surface area (Å²) < 4.78 is 32.3. The number of ether oxygens (including phenoxy) is 1. The number of benzene rings is 1. The Bertz CT molecular complexity index is 780. The smallest absolute Gasteiger partial charge is 0.245 e. The second kappa shape index (κ2) is 6.27. The van der Waals surface area contributed by atoms with Crippen molar-refractivity contribution in [2.75, 3.05) is 13.7 Å². The van der Waals surface area contributed by atoms with E-state index in [4.69, 9.17) is 4.74 Å². The molecule has 6 nitrogen and oxygen atoms in total. The zero-order valence-corrected chi connectivity index (χ0v) is 13.5. The molecule has 1 aromatic carbocycles. The number of nitrogens with zero attached hydrogens (tertiary/aromatic N) is 2. The number of hydrogen-bond donors (Lipinski definition) is 1. The van der Waals surface area contributed by atoms with Crippen LogP contribution in [-0.2, 0) is 10.0 Å². The quantitative estimate of drug-likeness (QED) is 0.918. The van der Waals surface area contributed by atoms with Crippen LogP contribution in [0.15, 0.2) is 53.7 Å². The Morgan fingerprint density at radius 1 is 1.30 bits per heavy atom. The second-order valence-electron chi connectivity index (χ2n) is 5.45. The number of aromatic nitrogens is 1. The van der Waals surface area contributed by atoms with Gasteiger partial charge in [0.15, 0.2) is 0 Å². The minimum atomic E-state index is -3.72. The van der Waals surface area contributed by atoms with Crippen molar-refractivity contribution in [3.63, 3.8) is 0 Å². The van der Waals surface area contributed by atoms with Gasteiger partial charge in [0, 0.05) is 18.9 Å². The Morgan fingerprint density at radius 3 is 2.83 bits per heavy atom. The Balaban J connectivity index is 2.00. The Kier molecular flexibility index (Phi) is 4.34. The third kappa shape index (κ3) is 3.08. The molecule has 7 heteroatoms. The van der Waals surface area contributed by atoms with Crippen LogP contribution >= 0.6 is 0 Å². The van der Waals surface area contributed by atoms with Gasteiger partial charge in [0.2, 0.25) is 10.0 Å². The maximum atomic E-state index is 12.9. The van der Waals surface area contributed by atoms with E-state index in [0.717, 1.165) is 5.56 Å². The number of β-amino-alcohol motifs (C(OH)–C–C–N with tert-alkyl or cyclic N) is 1. The van der Waals surface area contributed by atoms with E-state index in [0.29, 0.717) is 12.2 Å². The van der Waals surface area contributed by atoms with Gasteiger partial charge in [-0.05, 0) is 36.2 Å². The van der Waals surface area contributed by atoms with Crippen molar-refractivity contribution in [3.8, 4) is 5.75 Å². The lowest BCUT2D eigenvalue weighted by Gasteiger charge is -2.24. The largest absolute Gasteiger partial charge is 0.497 e. The summed E-state index contributed by atoms with van der Waals surface area (Å²) in [6.07, 6.45) is 2.50. The number of pyridine rings is 1. The zero-order chi connectivity index (χ0) is 16.4. The van der Waals surface area contributed by atoms with Crippen molar-refractivity contribution in [3.05, 3.63) is 54.4 Å². The minimum absolute atomic E-state index is 0.0686. The van der Waals surface area contributed by atoms with Gasteiger partial charge in [0.1, 0.15) is 10.6 Å². The van der Waals surface area contributed by atoms with Gasteiger partial charge in [-0.15, -0.1) is 0 Å². The molecule has 0 saturated carbocycles. The van der Waals surface area contributed by atoms with Gasteiger partial charge >= 0.3 is 0 Å². The predicted molar refractivity (Wildman–Crippen MR) is 84.5 cm³/mol. The van der Waals surface area contributed by atoms with Gasteiger partial charge in [0.05, 0.1) is 19.3 Å². The summed E-state index contributed by atoms with van der Waals surface area (Å²) in [4.78, 5) is 4.01. The van der Waals surface area contributed by atoms with Crippen LogP contribution in [0.3, 0.4) is 0 Å². The lowest BCUT2D eigenvalue weighted by atomic mass is 10.0. The van der Waals surface area contributed by atoms with Gasteiger partial charge in [0.25, 0.3) is 0 Å². The average molecular weight is 334 g/mol. The topological polar surface area (TPSA) is 79.7 Å². The molecule has 1 fully saturated rings. The van der Waals surface area contributed by atoms with E-state index < -0.39 is 22.2 Å². The number of aliphatic hydroxyl groups is 1. The molecule has 3 rings (SSSR count). The van der Waals surface area contributed by atoms with Gasteiger partial charge in [-0.2, -0.15) is 4.31 Å². The maximum absolute atomic E-state index is 12.9. The van der Waals surface area contributed by atoms with Gasteiger partial charge in [-0.25, -0.2) is 8.42 Å². The Labute approximate surface area is 135 Å². The molecule has 0 spiro atoms. The monoisotopic (exact) mass is 334 g/mol. The molecular formula is C16H18N2O4S. The third-order valence-corrected chi connectivity index (χ3v) is 5.81. The number of hydrogen-bond acceptors (Lipinski definition) is 5. The van der Waals surface area contributed by atoms with E-state index in [1.165, 1.54) is 22.8 Å². The minimum Gasteiger partial charge on any atom is -0.497 e. The fourth-order valence-corrected chi connectivity index (χ4v) is 4.46. The summed E-state index contributed by atoms with van der Waals surface area (Å²) in [6, 6.07) is 9.93. The van der Waals surface area contributed by atoms with Crippen molar-refractivity contribution in [1.29, 1.82) is 0 Å². The molecule has 2 heterocycles. The van der Waals surface area contributed by atoms with Crippen molar-refractivity contribution >= 4 is 10.0 Å². The van der Waals surface area contributed by atoms with Crippen LogP contribution in [-0.4, -0.2) is 42.6 Å². The highest BCUT2D eigenvalue weighted by atomic mass is 32.2. The Morgan fingerprint density at radius 2 is 2.13 bits per heavy atom. The first-order valence-corrected chi connectivity index (χ1v) is 8.70. The SMILES string of the molecule is COc1cccc(C2CC(O)CN2S(=O)(=O)c2cccnc2)c1. The fourth-order valence-electron chi connectivity index (χ4n) is 2.84. The maximum Gasteiger partial charge on any atom is 0.245 e. The van der Waals surface area contributed by atoms with Gasteiger partial charge in [-0.1, -0.05) is 12.1 Å². The molecule has 1 saturated heterocycles. The van der Waals surface area contributed by atoms with Crippen molar-refractivity contribution in [2.24, 2.45) is 0 Å². The highest BCUT2D eigenvalue weighted by molar-refractivity contribution is 7.89. The van der Waals surface area contributed by atoms with Crippen LogP contribution < -0.4 is 4.74 Å². The van der Waals surface area contributed by atoms with Gasteiger partial charge in [-0.3, -0.25) is 4.98 Å². The van der Waals surface area contributed by atoms with Crippen LogP contribution in [0, 0.1) is 0 Å². The highest BCUT2D eigenvalue weighted by Gasteiger charge is 2.40. The molecule has 23 heavy (non-hydrogen) atoms. The molecule has 2 unspecified atom stereocenters. The normalized spacial score (nSPS) is 22.2. The molecule has 2 atom stereocenters. The number of sulfonamides is 1. The van der Waals surface area contributed by atoms with Crippen LogP contribution in [0.1, 0.15) is 18.0 Å². The van der Waals surface area contributed by atoms with Gasteiger partial charge < -0.3 is 9.84 Å². The van der Waals surface area contributed by atoms with E-state index in [-0.39, 0.29) is 11.4 Å². The number of methoxy groups -OCH3 is 1.